The number of nitrogens with zero attached hydrogens (tertiary/aromatic N) is 2. The SMILES string of the molecule is CC1=C(C(=O)NCc2ccc(-n3cccn3)cc2)C(=O)OC1(C)C. The molecule has 1 aromatic heterocycles. The molecule has 6 nitrogen and oxygen atoms in total. The van der Waals surface area contributed by atoms with Crippen LogP contribution in [0.3, 0.4) is 0 Å². The molecule has 0 radical (unpaired) electrons. The summed E-state index contributed by atoms with van der Waals surface area (Å²) in [4.78, 5) is 24.2. The van der Waals surface area contributed by atoms with E-state index in [4.69, 9.17) is 4.74 Å². The molecule has 1 aromatic carbocycles. The molecule has 0 spiro atoms. The Kier molecular flexibility index (Phi) is 3.97. The van der Waals surface area contributed by atoms with E-state index in [-0.39, 0.29) is 5.57 Å². The minimum Gasteiger partial charge on any atom is -0.451 e. The van der Waals surface area contributed by atoms with Crippen LogP contribution in [0.5, 0.6) is 0 Å². The second-order valence-electron chi connectivity index (χ2n) is 6.20. The highest BCUT2D eigenvalue weighted by atomic mass is 16.6. The lowest BCUT2D eigenvalue weighted by Gasteiger charge is -2.17. The molecule has 1 aliphatic rings. The second kappa shape index (κ2) is 5.96. The first-order valence-electron chi connectivity index (χ1n) is 7.70. The summed E-state index contributed by atoms with van der Waals surface area (Å²) in [5.74, 6) is -0.969. The first kappa shape index (κ1) is 16.0. The van der Waals surface area contributed by atoms with Crippen molar-refractivity contribution < 1.29 is 14.3 Å². The molecule has 124 valence electrons. The number of carbonyl (C=O) groups is 2. The summed E-state index contributed by atoms with van der Waals surface area (Å²) in [5.41, 5.74) is 1.90. The standard InChI is InChI=1S/C18H19N3O3/c1-12-15(17(23)24-18(12,2)3)16(22)19-11-13-5-7-14(8-6-13)21-10-4-9-20-21/h4-10H,11H2,1-3H3,(H,19,22). The van der Waals surface area contributed by atoms with Gasteiger partial charge in [0, 0.05) is 18.9 Å². The van der Waals surface area contributed by atoms with Crippen LogP contribution in [0.1, 0.15) is 26.3 Å². The Labute approximate surface area is 140 Å². The van der Waals surface area contributed by atoms with Crippen molar-refractivity contribution in [2.24, 2.45) is 0 Å². The number of nitrogens with one attached hydrogen (secondary N) is 1. The Morgan fingerprint density at radius 3 is 2.54 bits per heavy atom. The lowest BCUT2D eigenvalue weighted by molar-refractivity contribution is -0.145. The van der Waals surface area contributed by atoms with Crippen LogP contribution in [0.4, 0.5) is 0 Å². The van der Waals surface area contributed by atoms with Crippen LogP contribution in [-0.4, -0.2) is 27.3 Å². The summed E-state index contributed by atoms with van der Waals surface area (Å²) in [5, 5.41) is 6.94. The second-order valence-corrected chi connectivity index (χ2v) is 6.20. The van der Waals surface area contributed by atoms with Crippen molar-refractivity contribution in [3.63, 3.8) is 0 Å². The molecular formula is C18H19N3O3. The summed E-state index contributed by atoms with van der Waals surface area (Å²) in [6.45, 7) is 5.63. The first-order valence-corrected chi connectivity index (χ1v) is 7.70. The summed E-state index contributed by atoms with van der Waals surface area (Å²) in [6, 6.07) is 9.52. The molecule has 3 rings (SSSR count). The topological polar surface area (TPSA) is 73.2 Å². The number of aromatic nitrogens is 2. The number of hydrogen-bond donors (Lipinski definition) is 1. The molecule has 24 heavy (non-hydrogen) atoms. The van der Waals surface area contributed by atoms with Gasteiger partial charge in [0.2, 0.25) is 0 Å². The highest BCUT2D eigenvalue weighted by Gasteiger charge is 2.40. The van der Waals surface area contributed by atoms with Gasteiger partial charge in [0.15, 0.2) is 0 Å². The monoisotopic (exact) mass is 325 g/mol. The third-order valence-electron chi connectivity index (χ3n) is 4.22. The van der Waals surface area contributed by atoms with Gasteiger partial charge >= 0.3 is 5.97 Å². The highest BCUT2D eigenvalue weighted by Crippen LogP contribution is 2.31. The van der Waals surface area contributed by atoms with Crippen molar-refractivity contribution in [3.05, 3.63) is 59.4 Å². The zero-order chi connectivity index (χ0) is 17.3. The van der Waals surface area contributed by atoms with Gasteiger partial charge in [-0.3, -0.25) is 4.79 Å². The zero-order valence-electron chi connectivity index (χ0n) is 13.9. The molecule has 0 atom stereocenters. The van der Waals surface area contributed by atoms with Crippen LogP contribution in [0.25, 0.3) is 5.69 Å². The van der Waals surface area contributed by atoms with Crippen LogP contribution < -0.4 is 5.32 Å². The van der Waals surface area contributed by atoms with Gasteiger partial charge in [-0.05, 0) is 50.1 Å². The lowest BCUT2D eigenvalue weighted by atomic mass is 9.97. The van der Waals surface area contributed by atoms with E-state index >= 15 is 0 Å². The molecule has 0 saturated carbocycles. The molecule has 1 N–H and O–H groups in total. The van der Waals surface area contributed by atoms with E-state index in [2.05, 4.69) is 10.4 Å². The van der Waals surface area contributed by atoms with E-state index in [1.165, 1.54) is 0 Å². The quantitative estimate of drug-likeness (QED) is 0.690. The zero-order valence-corrected chi connectivity index (χ0v) is 13.9. The van der Waals surface area contributed by atoms with Crippen LogP contribution >= 0.6 is 0 Å². The maximum Gasteiger partial charge on any atom is 0.344 e. The van der Waals surface area contributed by atoms with Crippen molar-refractivity contribution in [3.8, 4) is 5.69 Å². The van der Waals surface area contributed by atoms with Gasteiger partial charge in [-0.1, -0.05) is 12.1 Å². The number of rotatable bonds is 4. The molecule has 0 aliphatic carbocycles. The van der Waals surface area contributed by atoms with Gasteiger partial charge in [0.05, 0.1) is 5.69 Å². The van der Waals surface area contributed by atoms with Gasteiger partial charge in [-0.2, -0.15) is 5.10 Å². The summed E-state index contributed by atoms with van der Waals surface area (Å²) in [6.07, 6.45) is 3.58. The predicted octanol–water partition coefficient (Wildman–Crippen LogP) is 2.14. The number of amides is 1. The molecular weight excluding hydrogens is 306 g/mol. The fourth-order valence-corrected chi connectivity index (χ4v) is 2.54. The van der Waals surface area contributed by atoms with E-state index in [0.29, 0.717) is 12.1 Å². The third-order valence-corrected chi connectivity index (χ3v) is 4.22. The Hall–Kier alpha value is -2.89. The number of carbonyl (C=O) groups excluding carboxylic acids is 2. The number of cyclic esters (lactones) is 1. The maximum atomic E-state index is 12.3. The van der Waals surface area contributed by atoms with Gasteiger partial charge < -0.3 is 10.1 Å². The minimum absolute atomic E-state index is 0.105. The van der Waals surface area contributed by atoms with Crippen molar-refractivity contribution >= 4 is 11.9 Å². The van der Waals surface area contributed by atoms with Crippen LogP contribution in [0.2, 0.25) is 0 Å². The van der Waals surface area contributed by atoms with Crippen LogP contribution in [0.15, 0.2) is 53.9 Å². The predicted molar refractivity (Wildman–Crippen MR) is 88.3 cm³/mol. The Bertz CT molecular complexity index is 803. The molecule has 2 heterocycles. The molecule has 0 unspecified atom stereocenters. The van der Waals surface area contributed by atoms with Gasteiger partial charge in [0.1, 0.15) is 11.2 Å². The van der Waals surface area contributed by atoms with Crippen LogP contribution in [-0.2, 0) is 20.9 Å². The van der Waals surface area contributed by atoms with E-state index in [1.807, 2.05) is 36.5 Å². The number of hydrogen-bond acceptors (Lipinski definition) is 4. The van der Waals surface area contributed by atoms with Gasteiger partial charge in [0.25, 0.3) is 5.91 Å². The van der Waals surface area contributed by atoms with E-state index in [1.54, 1.807) is 31.6 Å². The highest BCUT2D eigenvalue weighted by molar-refractivity contribution is 6.18. The number of esters is 1. The number of ether oxygens (including phenoxy) is 1. The number of benzene rings is 1. The average Bonchev–Trinajstić information content (AvgIpc) is 3.13. The summed E-state index contributed by atoms with van der Waals surface area (Å²) >= 11 is 0. The lowest BCUT2D eigenvalue weighted by Crippen LogP contribution is -2.27. The van der Waals surface area contributed by atoms with E-state index in [9.17, 15) is 9.59 Å². The van der Waals surface area contributed by atoms with Crippen LogP contribution in [0, 0.1) is 0 Å². The molecule has 0 fully saturated rings. The molecule has 0 saturated heterocycles. The fraction of sp³-hybridized carbons (Fsp3) is 0.278. The Morgan fingerprint density at radius 2 is 2.00 bits per heavy atom. The minimum atomic E-state index is -0.727. The first-order chi connectivity index (χ1) is 11.4. The van der Waals surface area contributed by atoms with Gasteiger partial charge in [-0.25, -0.2) is 9.48 Å². The van der Waals surface area contributed by atoms with E-state index in [0.717, 1.165) is 11.3 Å². The van der Waals surface area contributed by atoms with Crippen molar-refractivity contribution in [2.45, 2.75) is 32.9 Å². The molecule has 6 heteroatoms. The summed E-state index contributed by atoms with van der Waals surface area (Å²) in [7, 11) is 0. The molecule has 0 bridgehead atoms. The van der Waals surface area contributed by atoms with Crippen molar-refractivity contribution in [2.75, 3.05) is 0 Å². The summed E-state index contributed by atoms with van der Waals surface area (Å²) < 4.78 is 6.98. The fourth-order valence-electron chi connectivity index (χ4n) is 2.54. The molecule has 1 amide bonds. The molecule has 1 aliphatic heterocycles. The average molecular weight is 325 g/mol. The smallest absolute Gasteiger partial charge is 0.344 e. The normalized spacial score (nSPS) is 16.2. The third kappa shape index (κ3) is 2.95. The Morgan fingerprint density at radius 1 is 1.29 bits per heavy atom. The van der Waals surface area contributed by atoms with Crippen molar-refractivity contribution in [1.82, 2.24) is 15.1 Å². The Balaban J connectivity index is 1.67. The largest absolute Gasteiger partial charge is 0.451 e. The molecule has 2 aromatic rings. The van der Waals surface area contributed by atoms with E-state index < -0.39 is 17.5 Å². The van der Waals surface area contributed by atoms with Gasteiger partial charge in [-0.15, -0.1) is 0 Å². The van der Waals surface area contributed by atoms with Crippen molar-refractivity contribution in [1.29, 1.82) is 0 Å². The maximum absolute atomic E-state index is 12.3.